The van der Waals surface area contributed by atoms with Crippen molar-refractivity contribution in [1.29, 1.82) is 0 Å². The molecule has 0 aliphatic heterocycles. The van der Waals surface area contributed by atoms with Crippen LogP contribution in [0.3, 0.4) is 0 Å². The lowest BCUT2D eigenvalue weighted by Crippen LogP contribution is -1.99. The largest absolute Gasteiger partial charge is 0.380 e. The third-order valence-electron chi connectivity index (χ3n) is 3.07. The monoisotopic (exact) mass is 378 g/mol. The Balaban J connectivity index is 1.84. The zero-order chi connectivity index (χ0) is 13.2. The van der Waals surface area contributed by atoms with Crippen LogP contribution < -0.4 is 5.32 Å². The van der Waals surface area contributed by atoms with Gasteiger partial charge >= 0.3 is 0 Å². The van der Waals surface area contributed by atoms with E-state index in [4.69, 9.17) is 0 Å². The number of hydrogen-bond acceptors (Lipinski definition) is 1. The summed E-state index contributed by atoms with van der Waals surface area (Å²) < 4.78 is 2.13. The second-order valence-electron chi connectivity index (χ2n) is 4.34. The number of aromatic nitrogens is 1. The second kappa shape index (κ2) is 5.39. The molecule has 0 spiro atoms. The first-order valence-electron chi connectivity index (χ1n) is 5.98. The zero-order valence-electron chi connectivity index (χ0n) is 10.1. The molecule has 96 valence electrons. The third kappa shape index (κ3) is 2.69. The van der Waals surface area contributed by atoms with E-state index in [1.54, 1.807) is 0 Å². The lowest BCUT2D eigenvalue weighted by molar-refractivity contribution is 1.16. The summed E-state index contributed by atoms with van der Waals surface area (Å²) in [6, 6.07) is 14.4. The van der Waals surface area contributed by atoms with Gasteiger partial charge < -0.3 is 10.3 Å². The Morgan fingerprint density at radius 3 is 2.79 bits per heavy atom. The fourth-order valence-corrected chi connectivity index (χ4v) is 2.85. The average molecular weight is 380 g/mol. The van der Waals surface area contributed by atoms with Crippen LogP contribution in [0.4, 0.5) is 5.69 Å². The summed E-state index contributed by atoms with van der Waals surface area (Å²) in [7, 11) is 0. The van der Waals surface area contributed by atoms with E-state index in [2.05, 4.69) is 72.6 Å². The average Bonchev–Trinajstić information content (AvgIpc) is 2.83. The smallest absolute Gasteiger partial charge is 0.0498 e. The van der Waals surface area contributed by atoms with Gasteiger partial charge in [-0.15, -0.1) is 0 Å². The molecule has 2 N–H and O–H groups in total. The number of hydrogen-bond donors (Lipinski definition) is 2. The molecular weight excluding hydrogens is 368 g/mol. The van der Waals surface area contributed by atoms with Crippen molar-refractivity contribution in [2.75, 3.05) is 5.32 Å². The van der Waals surface area contributed by atoms with E-state index in [1.807, 2.05) is 18.2 Å². The molecule has 0 saturated carbocycles. The van der Waals surface area contributed by atoms with E-state index in [9.17, 15) is 0 Å². The molecule has 0 aliphatic carbocycles. The van der Waals surface area contributed by atoms with Crippen molar-refractivity contribution in [3.05, 3.63) is 63.2 Å². The van der Waals surface area contributed by atoms with Gasteiger partial charge in [-0.3, -0.25) is 0 Å². The highest BCUT2D eigenvalue weighted by Gasteiger charge is 2.04. The number of halogens is 2. The van der Waals surface area contributed by atoms with Crippen molar-refractivity contribution >= 4 is 48.5 Å². The molecule has 0 atom stereocenters. The van der Waals surface area contributed by atoms with Crippen molar-refractivity contribution in [3.8, 4) is 0 Å². The van der Waals surface area contributed by atoms with Crippen LogP contribution >= 0.6 is 31.9 Å². The maximum Gasteiger partial charge on any atom is 0.0498 e. The number of para-hydroxylation sites is 1. The minimum absolute atomic E-state index is 0.791. The van der Waals surface area contributed by atoms with Crippen LogP contribution in [-0.2, 0) is 6.54 Å². The summed E-state index contributed by atoms with van der Waals surface area (Å²) >= 11 is 7.04. The highest BCUT2D eigenvalue weighted by atomic mass is 79.9. The molecule has 1 heterocycles. The number of H-pyrrole nitrogens is 1. The van der Waals surface area contributed by atoms with Crippen LogP contribution in [0.25, 0.3) is 10.9 Å². The SMILES string of the molecule is Brc1ccc(Br)c(NCc2c[nH]c3ccccc23)c1. The zero-order valence-corrected chi connectivity index (χ0v) is 13.3. The maximum atomic E-state index is 3.55. The number of nitrogens with one attached hydrogen (secondary N) is 2. The topological polar surface area (TPSA) is 27.8 Å². The molecule has 4 heteroatoms. The summed E-state index contributed by atoms with van der Waals surface area (Å²) in [5, 5.41) is 4.72. The Morgan fingerprint density at radius 2 is 1.89 bits per heavy atom. The number of fused-ring (bicyclic) bond motifs is 1. The minimum Gasteiger partial charge on any atom is -0.380 e. The fraction of sp³-hybridized carbons (Fsp3) is 0.0667. The predicted molar refractivity (Wildman–Crippen MR) is 87.5 cm³/mol. The van der Waals surface area contributed by atoms with E-state index in [1.165, 1.54) is 16.5 Å². The van der Waals surface area contributed by atoms with Crippen LogP contribution in [0, 0.1) is 0 Å². The van der Waals surface area contributed by atoms with Gasteiger partial charge in [-0.2, -0.15) is 0 Å². The van der Waals surface area contributed by atoms with Gasteiger partial charge in [-0.1, -0.05) is 34.1 Å². The van der Waals surface area contributed by atoms with E-state index < -0.39 is 0 Å². The van der Waals surface area contributed by atoms with Gasteiger partial charge in [0.05, 0.1) is 0 Å². The Bertz CT molecular complexity index is 719. The number of benzene rings is 2. The molecule has 0 bridgehead atoms. The second-order valence-corrected chi connectivity index (χ2v) is 6.11. The van der Waals surface area contributed by atoms with Gasteiger partial charge in [0.1, 0.15) is 0 Å². The highest BCUT2D eigenvalue weighted by Crippen LogP contribution is 2.27. The fourth-order valence-electron chi connectivity index (χ4n) is 2.10. The Kier molecular flexibility index (Phi) is 3.62. The predicted octanol–water partition coefficient (Wildman–Crippen LogP) is 5.31. The number of anilines is 1. The van der Waals surface area contributed by atoms with Crippen molar-refractivity contribution in [1.82, 2.24) is 4.98 Å². The van der Waals surface area contributed by atoms with E-state index >= 15 is 0 Å². The van der Waals surface area contributed by atoms with Crippen molar-refractivity contribution < 1.29 is 0 Å². The third-order valence-corrected chi connectivity index (χ3v) is 4.26. The molecule has 0 fully saturated rings. The Hall–Kier alpha value is -1.26. The Labute approximate surface area is 128 Å². The van der Waals surface area contributed by atoms with Crippen LogP contribution in [0.2, 0.25) is 0 Å². The highest BCUT2D eigenvalue weighted by molar-refractivity contribution is 9.11. The molecule has 19 heavy (non-hydrogen) atoms. The molecule has 0 radical (unpaired) electrons. The standard InChI is InChI=1S/C15H12Br2N2/c16-11-5-6-13(17)15(7-11)19-9-10-8-18-14-4-2-1-3-12(10)14/h1-8,18-19H,9H2. The molecule has 0 saturated heterocycles. The van der Waals surface area contributed by atoms with E-state index in [0.29, 0.717) is 0 Å². The summed E-state index contributed by atoms with van der Waals surface area (Å²) in [6.45, 7) is 0.791. The van der Waals surface area contributed by atoms with Crippen LogP contribution in [0.15, 0.2) is 57.6 Å². The van der Waals surface area contributed by atoms with Crippen LogP contribution in [0.1, 0.15) is 5.56 Å². The molecule has 3 rings (SSSR count). The molecule has 3 aromatic rings. The Morgan fingerprint density at radius 1 is 1.05 bits per heavy atom. The molecule has 2 aromatic carbocycles. The first-order chi connectivity index (χ1) is 9.24. The van der Waals surface area contributed by atoms with Gasteiger partial charge in [-0.05, 0) is 45.8 Å². The van der Waals surface area contributed by atoms with Gasteiger partial charge in [-0.25, -0.2) is 0 Å². The lowest BCUT2D eigenvalue weighted by Gasteiger charge is -2.08. The first-order valence-corrected chi connectivity index (χ1v) is 7.56. The van der Waals surface area contributed by atoms with E-state index in [0.717, 1.165) is 21.2 Å². The maximum absolute atomic E-state index is 3.55. The molecule has 0 amide bonds. The van der Waals surface area contributed by atoms with Crippen LogP contribution in [-0.4, -0.2) is 4.98 Å². The molecule has 0 unspecified atom stereocenters. The molecule has 2 nitrogen and oxygen atoms in total. The quantitative estimate of drug-likeness (QED) is 0.634. The lowest BCUT2D eigenvalue weighted by atomic mass is 10.2. The summed E-state index contributed by atoms with van der Waals surface area (Å²) in [5.74, 6) is 0. The minimum atomic E-state index is 0.791. The summed E-state index contributed by atoms with van der Waals surface area (Å²) in [5.41, 5.74) is 3.52. The van der Waals surface area contributed by atoms with E-state index in [-0.39, 0.29) is 0 Å². The molecule has 0 aliphatic rings. The van der Waals surface area contributed by atoms with Crippen molar-refractivity contribution in [3.63, 3.8) is 0 Å². The number of rotatable bonds is 3. The van der Waals surface area contributed by atoms with Gasteiger partial charge in [0, 0.05) is 38.3 Å². The summed E-state index contributed by atoms with van der Waals surface area (Å²) in [6.07, 6.45) is 2.06. The van der Waals surface area contributed by atoms with Crippen LogP contribution in [0.5, 0.6) is 0 Å². The normalized spacial score (nSPS) is 10.8. The van der Waals surface area contributed by atoms with Crippen molar-refractivity contribution in [2.45, 2.75) is 6.54 Å². The van der Waals surface area contributed by atoms with Gasteiger partial charge in [0.2, 0.25) is 0 Å². The van der Waals surface area contributed by atoms with Crippen molar-refractivity contribution in [2.24, 2.45) is 0 Å². The molecule has 1 aromatic heterocycles. The molecular formula is C15H12Br2N2. The summed E-state index contributed by atoms with van der Waals surface area (Å²) in [4.78, 5) is 3.29. The first kappa shape index (κ1) is 12.8. The van der Waals surface area contributed by atoms with Gasteiger partial charge in [0.15, 0.2) is 0 Å². The van der Waals surface area contributed by atoms with Gasteiger partial charge in [0.25, 0.3) is 0 Å². The number of aromatic amines is 1.